The highest BCUT2D eigenvalue weighted by atomic mass is 15.0. The van der Waals surface area contributed by atoms with Crippen LogP contribution in [0.1, 0.15) is 18.1 Å². The van der Waals surface area contributed by atoms with Gasteiger partial charge in [0, 0.05) is 11.4 Å². The van der Waals surface area contributed by atoms with Crippen molar-refractivity contribution in [3.63, 3.8) is 0 Å². The number of nitrogens with zero attached hydrogens (tertiary/aromatic N) is 2. The topological polar surface area (TPSA) is 37.8 Å². The summed E-state index contributed by atoms with van der Waals surface area (Å²) in [5.74, 6) is 0.903. The lowest BCUT2D eigenvalue weighted by atomic mass is 10.1. The van der Waals surface area contributed by atoms with E-state index in [-0.39, 0.29) is 0 Å². The van der Waals surface area contributed by atoms with E-state index in [0.29, 0.717) is 6.04 Å². The number of para-hydroxylation sites is 1. The maximum atomic E-state index is 4.38. The molecule has 1 aromatic heterocycles. The molecule has 0 aliphatic heterocycles. The molecule has 3 rings (SSSR count). The highest BCUT2D eigenvalue weighted by molar-refractivity contribution is 5.88. The molecule has 1 atom stereocenters. The van der Waals surface area contributed by atoms with E-state index in [1.165, 1.54) is 11.1 Å². The molecule has 0 saturated carbocycles. The SMILES string of the molecule is Cc1ccc(CC(C)Nc2ncnc3ccccc23)cc1. The number of benzene rings is 2. The molecule has 0 bridgehead atoms. The van der Waals surface area contributed by atoms with Gasteiger partial charge in [0.2, 0.25) is 0 Å². The standard InChI is InChI=1S/C18H19N3/c1-13-7-9-15(10-8-13)11-14(2)21-18-16-5-3-4-6-17(16)19-12-20-18/h3-10,12,14H,11H2,1-2H3,(H,19,20,21). The highest BCUT2D eigenvalue weighted by Crippen LogP contribution is 2.19. The lowest BCUT2D eigenvalue weighted by Gasteiger charge is -2.16. The molecule has 0 radical (unpaired) electrons. The molecule has 1 unspecified atom stereocenters. The summed E-state index contributed by atoms with van der Waals surface area (Å²) in [5.41, 5.74) is 3.60. The van der Waals surface area contributed by atoms with Gasteiger partial charge in [-0.25, -0.2) is 9.97 Å². The maximum absolute atomic E-state index is 4.38. The summed E-state index contributed by atoms with van der Waals surface area (Å²) in [5, 5.41) is 4.56. The van der Waals surface area contributed by atoms with Gasteiger partial charge < -0.3 is 5.32 Å². The predicted molar refractivity (Wildman–Crippen MR) is 87.5 cm³/mol. The minimum absolute atomic E-state index is 0.311. The average molecular weight is 277 g/mol. The maximum Gasteiger partial charge on any atom is 0.137 e. The number of aromatic nitrogens is 2. The van der Waals surface area contributed by atoms with Gasteiger partial charge in [0.15, 0.2) is 0 Å². The van der Waals surface area contributed by atoms with Crippen molar-refractivity contribution in [1.29, 1.82) is 0 Å². The summed E-state index contributed by atoms with van der Waals surface area (Å²) >= 11 is 0. The van der Waals surface area contributed by atoms with Crippen LogP contribution in [0.4, 0.5) is 5.82 Å². The first kappa shape index (κ1) is 13.6. The van der Waals surface area contributed by atoms with E-state index in [9.17, 15) is 0 Å². The molecule has 21 heavy (non-hydrogen) atoms. The van der Waals surface area contributed by atoms with Crippen LogP contribution in [0.15, 0.2) is 54.9 Å². The summed E-state index contributed by atoms with van der Waals surface area (Å²) in [4.78, 5) is 8.67. The lowest BCUT2D eigenvalue weighted by Crippen LogP contribution is -2.19. The van der Waals surface area contributed by atoms with E-state index in [1.54, 1.807) is 6.33 Å². The Hall–Kier alpha value is -2.42. The van der Waals surface area contributed by atoms with Crippen LogP contribution in [0.2, 0.25) is 0 Å². The van der Waals surface area contributed by atoms with Crippen LogP contribution in [0.3, 0.4) is 0 Å². The Balaban J connectivity index is 1.77. The van der Waals surface area contributed by atoms with Crippen LogP contribution in [-0.4, -0.2) is 16.0 Å². The molecule has 2 aromatic carbocycles. The van der Waals surface area contributed by atoms with Crippen molar-refractivity contribution in [1.82, 2.24) is 9.97 Å². The molecule has 3 aromatic rings. The molecule has 0 spiro atoms. The van der Waals surface area contributed by atoms with Crippen molar-refractivity contribution >= 4 is 16.7 Å². The molecule has 0 aliphatic carbocycles. The Morgan fingerprint density at radius 3 is 2.57 bits per heavy atom. The minimum Gasteiger partial charge on any atom is -0.367 e. The Bertz CT molecular complexity index is 730. The van der Waals surface area contributed by atoms with E-state index in [1.807, 2.05) is 18.2 Å². The summed E-state index contributed by atoms with van der Waals surface area (Å²) in [7, 11) is 0. The van der Waals surface area contributed by atoms with Crippen molar-refractivity contribution < 1.29 is 0 Å². The van der Waals surface area contributed by atoms with Crippen molar-refractivity contribution in [3.8, 4) is 0 Å². The van der Waals surface area contributed by atoms with Gasteiger partial charge >= 0.3 is 0 Å². The summed E-state index contributed by atoms with van der Waals surface area (Å²) < 4.78 is 0. The van der Waals surface area contributed by atoms with Crippen LogP contribution in [-0.2, 0) is 6.42 Å². The van der Waals surface area contributed by atoms with Crippen LogP contribution in [0.25, 0.3) is 10.9 Å². The molecule has 3 heteroatoms. The zero-order valence-corrected chi connectivity index (χ0v) is 12.4. The van der Waals surface area contributed by atoms with E-state index in [0.717, 1.165) is 23.1 Å². The molecule has 0 aliphatic rings. The van der Waals surface area contributed by atoms with Gasteiger partial charge in [-0.05, 0) is 38.0 Å². The summed E-state index contributed by atoms with van der Waals surface area (Å²) in [6.45, 7) is 4.29. The van der Waals surface area contributed by atoms with E-state index < -0.39 is 0 Å². The molecule has 1 heterocycles. The zero-order chi connectivity index (χ0) is 14.7. The molecule has 106 valence electrons. The average Bonchev–Trinajstić information content (AvgIpc) is 2.50. The van der Waals surface area contributed by atoms with Gasteiger partial charge in [0.05, 0.1) is 5.52 Å². The van der Waals surface area contributed by atoms with Crippen LogP contribution < -0.4 is 5.32 Å². The second kappa shape index (κ2) is 5.92. The third kappa shape index (κ3) is 3.19. The highest BCUT2D eigenvalue weighted by Gasteiger charge is 2.07. The first-order valence-electron chi connectivity index (χ1n) is 7.24. The quantitative estimate of drug-likeness (QED) is 0.783. The summed E-state index contributed by atoms with van der Waals surface area (Å²) in [6.07, 6.45) is 2.59. The van der Waals surface area contributed by atoms with E-state index in [4.69, 9.17) is 0 Å². The third-order valence-electron chi connectivity index (χ3n) is 3.59. The predicted octanol–water partition coefficient (Wildman–Crippen LogP) is 3.98. The normalized spacial score (nSPS) is 12.3. The van der Waals surface area contributed by atoms with Gasteiger partial charge in [-0.15, -0.1) is 0 Å². The van der Waals surface area contributed by atoms with Crippen LogP contribution in [0, 0.1) is 6.92 Å². The smallest absolute Gasteiger partial charge is 0.137 e. The number of anilines is 1. The first-order valence-corrected chi connectivity index (χ1v) is 7.24. The van der Waals surface area contributed by atoms with Gasteiger partial charge in [-0.3, -0.25) is 0 Å². The fraction of sp³-hybridized carbons (Fsp3) is 0.222. The number of aryl methyl sites for hydroxylation is 1. The lowest BCUT2D eigenvalue weighted by molar-refractivity contribution is 0.785. The molecule has 0 amide bonds. The van der Waals surface area contributed by atoms with Gasteiger partial charge in [0.1, 0.15) is 12.1 Å². The molecular formula is C18H19N3. The number of rotatable bonds is 4. The Morgan fingerprint density at radius 1 is 1.00 bits per heavy atom. The molecular weight excluding hydrogens is 258 g/mol. The fourth-order valence-corrected chi connectivity index (χ4v) is 2.48. The van der Waals surface area contributed by atoms with Crippen molar-refractivity contribution in [2.24, 2.45) is 0 Å². The molecule has 1 N–H and O–H groups in total. The van der Waals surface area contributed by atoms with Crippen molar-refractivity contribution in [2.75, 3.05) is 5.32 Å². The van der Waals surface area contributed by atoms with Gasteiger partial charge in [-0.2, -0.15) is 0 Å². The second-order valence-corrected chi connectivity index (χ2v) is 5.47. The molecule has 0 saturated heterocycles. The van der Waals surface area contributed by atoms with Gasteiger partial charge in [-0.1, -0.05) is 42.0 Å². The Kier molecular flexibility index (Phi) is 3.82. The molecule has 0 fully saturated rings. The Labute approximate surface area is 125 Å². The van der Waals surface area contributed by atoms with Crippen molar-refractivity contribution in [2.45, 2.75) is 26.3 Å². The first-order chi connectivity index (χ1) is 10.2. The number of hydrogen-bond acceptors (Lipinski definition) is 3. The summed E-state index contributed by atoms with van der Waals surface area (Å²) in [6, 6.07) is 17.1. The molecule has 3 nitrogen and oxygen atoms in total. The minimum atomic E-state index is 0.311. The number of fused-ring (bicyclic) bond motifs is 1. The van der Waals surface area contributed by atoms with Crippen LogP contribution in [0.5, 0.6) is 0 Å². The van der Waals surface area contributed by atoms with E-state index in [2.05, 4.69) is 59.5 Å². The van der Waals surface area contributed by atoms with Crippen molar-refractivity contribution in [3.05, 3.63) is 66.0 Å². The Morgan fingerprint density at radius 2 is 1.76 bits per heavy atom. The second-order valence-electron chi connectivity index (χ2n) is 5.47. The monoisotopic (exact) mass is 277 g/mol. The largest absolute Gasteiger partial charge is 0.367 e. The number of hydrogen-bond donors (Lipinski definition) is 1. The fourth-order valence-electron chi connectivity index (χ4n) is 2.48. The third-order valence-corrected chi connectivity index (χ3v) is 3.59. The van der Waals surface area contributed by atoms with Gasteiger partial charge in [0.25, 0.3) is 0 Å². The zero-order valence-electron chi connectivity index (χ0n) is 12.4. The number of nitrogens with one attached hydrogen (secondary N) is 1. The van der Waals surface area contributed by atoms with E-state index >= 15 is 0 Å². The van der Waals surface area contributed by atoms with Crippen LogP contribution >= 0.6 is 0 Å².